The predicted molar refractivity (Wildman–Crippen MR) is 123 cm³/mol. The molecule has 3 rings (SSSR count). The molecule has 0 saturated carbocycles. The summed E-state index contributed by atoms with van der Waals surface area (Å²) in [6, 6.07) is 29.6. The molecule has 0 aliphatic rings. The molecular weight excluding hydrogens is 352 g/mol. The molecule has 0 spiro atoms. The van der Waals surface area contributed by atoms with E-state index in [4.69, 9.17) is 0 Å². The van der Waals surface area contributed by atoms with Gasteiger partial charge in [-0.05, 0) is 78.8 Å². The van der Waals surface area contributed by atoms with E-state index in [0.29, 0.717) is 0 Å². The number of carbonyl (C=O) groups excluding carboxylic acids is 1. The van der Waals surface area contributed by atoms with Crippen LogP contribution in [0.5, 0.6) is 0 Å². The zero-order valence-electron chi connectivity index (χ0n) is 17.3. The van der Waals surface area contributed by atoms with Crippen LogP contribution in [0.2, 0.25) is 0 Å². The summed E-state index contributed by atoms with van der Waals surface area (Å²) in [6.07, 6.45) is 6.92. The Hall–Kier alpha value is -2.93. The summed E-state index contributed by atoms with van der Waals surface area (Å²) in [5, 5.41) is 0. The number of aldehydes is 1. The average molecular weight is 383 g/mol. The minimum absolute atomic E-state index is 0.827. The Kier molecular flexibility index (Phi) is 8.01. The van der Waals surface area contributed by atoms with Gasteiger partial charge in [0.1, 0.15) is 6.29 Å². The lowest BCUT2D eigenvalue weighted by Crippen LogP contribution is -1.99. The van der Waals surface area contributed by atoms with Crippen molar-refractivity contribution in [3.05, 3.63) is 113 Å². The third-order valence-corrected chi connectivity index (χ3v) is 5.49. The van der Waals surface area contributed by atoms with Gasteiger partial charge >= 0.3 is 0 Å². The molecule has 0 atom stereocenters. The van der Waals surface area contributed by atoms with Crippen LogP contribution in [-0.2, 0) is 17.6 Å². The summed E-state index contributed by atoms with van der Waals surface area (Å²) in [5.41, 5.74) is 7.34. The molecule has 0 aliphatic carbocycles. The molecule has 0 aromatic heterocycles. The largest absolute Gasteiger partial charge is 0.298 e. The highest BCUT2D eigenvalue weighted by Gasteiger charge is 2.11. The van der Waals surface area contributed by atoms with Crippen molar-refractivity contribution < 1.29 is 4.79 Å². The highest BCUT2D eigenvalue weighted by Crippen LogP contribution is 2.29. The van der Waals surface area contributed by atoms with Crippen LogP contribution in [0.3, 0.4) is 0 Å². The molecule has 3 aromatic rings. The zero-order chi connectivity index (χ0) is 20.3. The van der Waals surface area contributed by atoms with Gasteiger partial charge in [-0.1, -0.05) is 84.9 Å². The molecule has 0 unspecified atom stereocenters. The van der Waals surface area contributed by atoms with Crippen LogP contribution in [0.25, 0.3) is 5.57 Å². The van der Waals surface area contributed by atoms with Crippen LogP contribution in [0.1, 0.15) is 47.9 Å². The van der Waals surface area contributed by atoms with Crippen molar-refractivity contribution in [3.63, 3.8) is 0 Å². The van der Waals surface area contributed by atoms with E-state index in [1.165, 1.54) is 27.8 Å². The SMILES string of the molecule is Cc1ccccc1/C(CCCc1ccccc1)=C(\C=O)CCCc1ccccc1. The zero-order valence-corrected chi connectivity index (χ0v) is 17.3. The molecule has 148 valence electrons. The number of allylic oxidation sites excluding steroid dienone is 2. The number of hydrogen-bond donors (Lipinski definition) is 0. The number of hydrogen-bond acceptors (Lipinski definition) is 1. The van der Waals surface area contributed by atoms with Crippen LogP contribution in [0.4, 0.5) is 0 Å². The Bertz CT molecular complexity index is 923. The lowest BCUT2D eigenvalue weighted by atomic mass is 9.89. The maximum absolute atomic E-state index is 12.0. The second-order valence-electron chi connectivity index (χ2n) is 7.61. The number of benzene rings is 3. The van der Waals surface area contributed by atoms with Crippen molar-refractivity contribution in [1.82, 2.24) is 0 Å². The topological polar surface area (TPSA) is 17.1 Å². The standard InChI is InChI=1S/C28H30O/c1-23-12-8-9-20-27(23)28(21-11-18-25-15-6-3-7-16-25)26(22-29)19-10-17-24-13-4-2-5-14-24/h2-9,12-16,20,22H,10-11,17-19,21H2,1H3/b28-26-. The molecule has 3 aromatic carbocycles. The number of rotatable bonds is 10. The van der Waals surface area contributed by atoms with Gasteiger partial charge in [-0.3, -0.25) is 4.79 Å². The monoisotopic (exact) mass is 382 g/mol. The van der Waals surface area contributed by atoms with Gasteiger partial charge in [0, 0.05) is 0 Å². The van der Waals surface area contributed by atoms with Crippen molar-refractivity contribution in [3.8, 4) is 0 Å². The fraction of sp³-hybridized carbons (Fsp3) is 0.250. The smallest absolute Gasteiger partial charge is 0.146 e. The van der Waals surface area contributed by atoms with Crippen molar-refractivity contribution in [2.75, 3.05) is 0 Å². The maximum Gasteiger partial charge on any atom is 0.146 e. The first-order chi connectivity index (χ1) is 14.3. The second-order valence-corrected chi connectivity index (χ2v) is 7.61. The van der Waals surface area contributed by atoms with E-state index in [0.717, 1.165) is 50.4 Å². The first-order valence-electron chi connectivity index (χ1n) is 10.6. The van der Waals surface area contributed by atoms with Gasteiger partial charge in [-0.2, -0.15) is 0 Å². The third-order valence-electron chi connectivity index (χ3n) is 5.49. The molecule has 1 nitrogen and oxygen atoms in total. The van der Waals surface area contributed by atoms with Crippen LogP contribution in [-0.4, -0.2) is 6.29 Å². The van der Waals surface area contributed by atoms with E-state index in [9.17, 15) is 4.79 Å². The Morgan fingerprint density at radius 3 is 1.76 bits per heavy atom. The highest BCUT2D eigenvalue weighted by atomic mass is 16.1. The van der Waals surface area contributed by atoms with E-state index in [1.54, 1.807) is 0 Å². The molecule has 29 heavy (non-hydrogen) atoms. The van der Waals surface area contributed by atoms with E-state index < -0.39 is 0 Å². The molecule has 0 bridgehead atoms. The van der Waals surface area contributed by atoms with Crippen molar-refractivity contribution in [1.29, 1.82) is 0 Å². The Morgan fingerprint density at radius 1 is 0.690 bits per heavy atom. The first-order valence-corrected chi connectivity index (χ1v) is 10.6. The minimum atomic E-state index is 0.827. The van der Waals surface area contributed by atoms with Gasteiger partial charge < -0.3 is 0 Å². The van der Waals surface area contributed by atoms with Crippen molar-refractivity contribution >= 4 is 11.9 Å². The van der Waals surface area contributed by atoms with Gasteiger partial charge in [-0.25, -0.2) is 0 Å². The van der Waals surface area contributed by atoms with E-state index in [-0.39, 0.29) is 0 Å². The van der Waals surface area contributed by atoms with Crippen molar-refractivity contribution in [2.24, 2.45) is 0 Å². The van der Waals surface area contributed by atoms with E-state index in [1.807, 2.05) is 6.07 Å². The molecule has 0 fully saturated rings. The highest BCUT2D eigenvalue weighted by molar-refractivity contribution is 5.88. The Balaban J connectivity index is 1.75. The van der Waals surface area contributed by atoms with Crippen LogP contribution in [0.15, 0.2) is 90.5 Å². The Labute approximate surface area is 175 Å². The lowest BCUT2D eigenvalue weighted by Gasteiger charge is -2.15. The summed E-state index contributed by atoms with van der Waals surface area (Å²) < 4.78 is 0. The van der Waals surface area contributed by atoms with Gasteiger partial charge in [-0.15, -0.1) is 0 Å². The molecular formula is C28H30O. The molecule has 0 N–H and O–H groups in total. The fourth-order valence-corrected chi connectivity index (χ4v) is 3.90. The Morgan fingerprint density at radius 2 is 1.21 bits per heavy atom. The summed E-state index contributed by atoms with van der Waals surface area (Å²) in [4.78, 5) is 12.0. The molecule has 0 heterocycles. The molecule has 0 radical (unpaired) electrons. The summed E-state index contributed by atoms with van der Waals surface area (Å²) in [5.74, 6) is 0. The van der Waals surface area contributed by atoms with Crippen LogP contribution in [0, 0.1) is 6.92 Å². The number of carbonyl (C=O) groups is 1. The fourth-order valence-electron chi connectivity index (χ4n) is 3.90. The van der Waals surface area contributed by atoms with E-state index >= 15 is 0 Å². The quantitative estimate of drug-likeness (QED) is 0.273. The van der Waals surface area contributed by atoms with Gasteiger partial charge in [0.2, 0.25) is 0 Å². The molecule has 1 heteroatoms. The lowest BCUT2D eigenvalue weighted by molar-refractivity contribution is -0.105. The van der Waals surface area contributed by atoms with Crippen molar-refractivity contribution in [2.45, 2.75) is 45.4 Å². The van der Waals surface area contributed by atoms with Gasteiger partial charge in [0.25, 0.3) is 0 Å². The van der Waals surface area contributed by atoms with E-state index in [2.05, 4.69) is 85.8 Å². The van der Waals surface area contributed by atoms with Crippen LogP contribution < -0.4 is 0 Å². The second kappa shape index (κ2) is 11.2. The normalized spacial score (nSPS) is 11.8. The molecule has 0 amide bonds. The molecule has 0 aliphatic heterocycles. The van der Waals surface area contributed by atoms with Crippen LogP contribution >= 0.6 is 0 Å². The summed E-state index contributed by atoms with van der Waals surface area (Å²) in [7, 11) is 0. The number of aryl methyl sites for hydroxylation is 3. The van der Waals surface area contributed by atoms with Gasteiger partial charge in [0.05, 0.1) is 0 Å². The minimum Gasteiger partial charge on any atom is -0.298 e. The summed E-state index contributed by atoms with van der Waals surface area (Å²) in [6.45, 7) is 2.14. The molecule has 0 saturated heterocycles. The van der Waals surface area contributed by atoms with Gasteiger partial charge in [0.15, 0.2) is 0 Å². The predicted octanol–water partition coefficient (Wildman–Crippen LogP) is 6.99. The third kappa shape index (κ3) is 6.29. The first kappa shape index (κ1) is 20.8. The maximum atomic E-state index is 12.0. The summed E-state index contributed by atoms with van der Waals surface area (Å²) >= 11 is 0. The average Bonchev–Trinajstić information content (AvgIpc) is 2.77.